The molecule has 4 atom stereocenters. The number of fused-ring (bicyclic) bond motifs is 2. The fourth-order valence-corrected chi connectivity index (χ4v) is 2.73. The van der Waals surface area contributed by atoms with Gasteiger partial charge in [-0.3, -0.25) is 9.69 Å². The second kappa shape index (κ2) is 3.50. The van der Waals surface area contributed by atoms with E-state index in [4.69, 9.17) is 4.74 Å². The highest BCUT2D eigenvalue weighted by Gasteiger charge is 2.47. The topological polar surface area (TPSA) is 29.5 Å². The van der Waals surface area contributed by atoms with E-state index in [-0.39, 0.29) is 24.2 Å². The largest absolute Gasteiger partial charge is 0.461 e. The first-order chi connectivity index (χ1) is 6.59. The van der Waals surface area contributed by atoms with Gasteiger partial charge in [0.05, 0.1) is 0 Å². The Balaban J connectivity index is 2.06. The Labute approximate surface area is 83.2 Å². The van der Waals surface area contributed by atoms with Crippen LogP contribution in [0.4, 0.5) is 4.39 Å². The van der Waals surface area contributed by atoms with E-state index in [0.29, 0.717) is 6.42 Å². The first-order valence-electron chi connectivity index (χ1n) is 5.13. The second-order valence-corrected chi connectivity index (χ2v) is 4.28. The monoisotopic (exact) mass is 201 g/mol. The average Bonchev–Trinajstić information content (AvgIpc) is 2.28. The van der Waals surface area contributed by atoms with Gasteiger partial charge in [0.15, 0.2) is 0 Å². The van der Waals surface area contributed by atoms with Crippen molar-refractivity contribution in [2.45, 2.75) is 50.5 Å². The number of ether oxygens (including phenoxy) is 1. The zero-order valence-electron chi connectivity index (χ0n) is 8.57. The molecule has 0 N–H and O–H groups in total. The average molecular weight is 201 g/mol. The van der Waals surface area contributed by atoms with Gasteiger partial charge in [-0.25, -0.2) is 4.39 Å². The molecule has 0 aromatic rings. The molecule has 0 aliphatic carbocycles. The SMILES string of the molecule is CC(=O)O[C@@H]1CC[C@H]2[C@@H](F)C[C@@H]1N2C. The number of likely N-dealkylation sites (N-methyl/N-ethyl adjacent to an activating group) is 1. The normalized spacial score (nSPS) is 42.5. The van der Waals surface area contributed by atoms with Crippen LogP contribution in [0.3, 0.4) is 0 Å². The highest BCUT2D eigenvalue weighted by molar-refractivity contribution is 5.66. The van der Waals surface area contributed by atoms with E-state index in [1.54, 1.807) is 0 Å². The van der Waals surface area contributed by atoms with E-state index in [1.165, 1.54) is 6.92 Å². The number of alkyl halides is 1. The summed E-state index contributed by atoms with van der Waals surface area (Å²) in [5.74, 6) is -0.260. The van der Waals surface area contributed by atoms with Gasteiger partial charge in [0, 0.05) is 19.0 Å². The van der Waals surface area contributed by atoms with Crippen molar-refractivity contribution in [3.05, 3.63) is 0 Å². The van der Waals surface area contributed by atoms with Crippen molar-refractivity contribution in [1.82, 2.24) is 4.90 Å². The lowest BCUT2D eigenvalue weighted by Gasteiger charge is -2.36. The summed E-state index contributed by atoms with van der Waals surface area (Å²) in [5, 5.41) is 0. The molecular formula is C10H16FNO2. The molecular weight excluding hydrogens is 185 g/mol. The zero-order valence-corrected chi connectivity index (χ0v) is 8.57. The first kappa shape index (κ1) is 9.90. The second-order valence-electron chi connectivity index (χ2n) is 4.28. The Morgan fingerprint density at radius 3 is 2.79 bits per heavy atom. The molecule has 3 nitrogen and oxygen atoms in total. The van der Waals surface area contributed by atoms with Crippen molar-refractivity contribution >= 4 is 5.97 Å². The maximum Gasteiger partial charge on any atom is 0.302 e. The van der Waals surface area contributed by atoms with Gasteiger partial charge in [0.1, 0.15) is 12.3 Å². The highest BCUT2D eigenvalue weighted by Crippen LogP contribution is 2.37. The van der Waals surface area contributed by atoms with E-state index < -0.39 is 6.17 Å². The van der Waals surface area contributed by atoms with Crippen molar-refractivity contribution in [1.29, 1.82) is 0 Å². The number of hydrogen-bond acceptors (Lipinski definition) is 3. The van der Waals surface area contributed by atoms with E-state index in [9.17, 15) is 9.18 Å². The van der Waals surface area contributed by atoms with Crippen molar-refractivity contribution in [3.8, 4) is 0 Å². The van der Waals surface area contributed by atoms with E-state index >= 15 is 0 Å². The van der Waals surface area contributed by atoms with Crippen LogP contribution in [0.2, 0.25) is 0 Å². The van der Waals surface area contributed by atoms with Gasteiger partial charge < -0.3 is 4.74 Å². The minimum Gasteiger partial charge on any atom is -0.461 e. The minimum absolute atomic E-state index is 0.0480. The van der Waals surface area contributed by atoms with Crippen LogP contribution in [0.1, 0.15) is 26.2 Å². The number of rotatable bonds is 1. The summed E-state index contributed by atoms with van der Waals surface area (Å²) in [4.78, 5) is 12.9. The van der Waals surface area contributed by atoms with Crippen molar-refractivity contribution in [3.63, 3.8) is 0 Å². The number of esters is 1. The van der Waals surface area contributed by atoms with Crippen molar-refractivity contribution in [2.24, 2.45) is 0 Å². The molecule has 0 radical (unpaired) electrons. The van der Waals surface area contributed by atoms with Crippen molar-refractivity contribution < 1.29 is 13.9 Å². The molecule has 2 aliphatic rings. The highest BCUT2D eigenvalue weighted by atomic mass is 19.1. The van der Waals surface area contributed by atoms with Gasteiger partial charge in [0.2, 0.25) is 0 Å². The van der Waals surface area contributed by atoms with E-state index in [2.05, 4.69) is 0 Å². The maximum atomic E-state index is 13.5. The molecule has 2 fully saturated rings. The Hall–Kier alpha value is -0.640. The lowest BCUT2D eigenvalue weighted by atomic mass is 10.0. The molecule has 2 bridgehead atoms. The molecule has 80 valence electrons. The molecule has 0 aromatic heterocycles. The predicted molar refractivity (Wildman–Crippen MR) is 49.6 cm³/mol. The predicted octanol–water partition coefficient (Wildman–Crippen LogP) is 1.12. The van der Waals surface area contributed by atoms with Gasteiger partial charge >= 0.3 is 5.97 Å². The van der Waals surface area contributed by atoms with Crippen LogP contribution in [0, 0.1) is 0 Å². The van der Waals surface area contributed by atoms with Crippen molar-refractivity contribution in [2.75, 3.05) is 7.05 Å². The minimum atomic E-state index is -0.745. The summed E-state index contributed by atoms with van der Waals surface area (Å²) in [5.41, 5.74) is 0. The Morgan fingerprint density at radius 1 is 1.43 bits per heavy atom. The number of halogens is 1. The number of nitrogens with zero attached hydrogens (tertiary/aromatic N) is 1. The third-order valence-electron chi connectivity index (χ3n) is 3.42. The van der Waals surface area contributed by atoms with Crippen LogP contribution < -0.4 is 0 Å². The van der Waals surface area contributed by atoms with E-state index in [1.807, 2.05) is 11.9 Å². The smallest absolute Gasteiger partial charge is 0.302 e. The molecule has 0 spiro atoms. The molecule has 0 unspecified atom stereocenters. The van der Waals surface area contributed by atoms with Gasteiger partial charge in [-0.05, 0) is 26.3 Å². The van der Waals surface area contributed by atoms with Crippen LogP contribution in [0.5, 0.6) is 0 Å². The summed E-state index contributed by atoms with van der Waals surface area (Å²) in [6, 6.07) is 0.138. The number of hydrogen-bond donors (Lipinski definition) is 0. The number of carbonyl (C=O) groups is 1. The number of carbonyl (C=O) groups excluding carboxylic acids is 1. The standard InChI is InChI=1S/C10H16FNO2/c1-6(13)14-10-4-3-8-7(11)5-9(10)12(8)2/h7-10H,3-5H2,1-2H3/t7-,8-,9-,10+/m0/s1. The molecule has 2 heterocycles. The molecule has 0 aromatic carbocycles. The summed E-state index contributed by atoms with van der Waals surface area (Å²) < 4.78 is 18.7. The summed E-state index contributed by atoms with van der Waals surface area (Å²) in [7, 11) is 1.92. The van der Waals surface area contributed by atoms with Crippen LogP contribution in [0.15, 0.2) is 0 Å². The lowest BCUT2D eigenvalue weighted by molar-refractivity contribution is -0.151. The van der Waals surface area contributed by atoms with Crippen LogP contribution in [0.25, 0.3) is 0 Å². The third-order valence-corrected chi connectivity index (χ3v) is 3.42. The number of piperidine rings is 1. The van der Waals surface area contributed by atoms with E-state index in [0.717, 1.165) is 12.8 Å². The summed E-state index contributed by atoms with van der Waals surface area (Å²) >= 11 is 0. The first-order valence-corrected chi connectivity index (χ1v) is 5.13. The molecule has 2 rings (SSSR count). The quantitative estimate of drug-likeness (QED) is 0.595. The fourth-order valence-electron chi connectivity index (χ4n) is 2.73. The summed E-state index contributed by atoms with van der Waals surface area (Å²) in [6.07, 6.45) is 1.27. The molecule has 0 saturated carbocycles. The molecule has 4 heteroatoms. The van der Waals surface area contributed by atoms with Gasteiger partial charge in [-0.15, -0.1) is 0 Å². The summed E-state index contributed by atoms with van der Waals surface area (Å²) in [6.45, 7) is 1.41. The van der Waals surface area contributed by atoms with Gasteiger partial charge in [-0.1, -0.05) is 0 Å². The van der Waals surface area contributed by atoms with Crippen LogP contribution in [-0.2, 0) is 9.53 Å². The Bertz CT molecular complexity index is 246. The molecule has 0 amide bonds. The zero-order chi connectivity index (χ0) is 10.3. The fraction of sp³-hybridized carbons (Fsp3) is 0.900. The Morgan fingerprint density at radius 2 is 2.14 bits per heavy atom. The lowest BCUT2D eigenvalue weighted by Crippen LogP contribution is -2.47. The third kappa shape index (κ3) is 1.52. The van der Waals surface area contributed by atoms with Gasteiger partial charge in [0.25, 0.3) is 0 Å². The Kier molecular flexibility index (Phi) is 2.47. The maximum absolute atomic E-state index is 13.5. The van der Waals surface area contributed by atoms with Crippen LogP contribution in [-0.4, -0.2) is 42.3 Å². The molecule has 14 heavy (non-hydrogen) atoms. The van der Waals surface area contributed by atoms with Crippen LogP contribution >= 0.6 is 0 Å². The molecule has 2 saturated heterocycles. The van der Waals surface area contributed by atoms with Gasteiger partial charge in [-0.2, -0.15) is 0 Å². The molecule has 2 aliphatic heterocycles.